The first kappa shape index (κ1) is 24.8. The lowest BCUT2D eigenvalue weighted by Crippen LogP contribution is -2.42. The SMILES string of the molecule is COc1cc(-c2cnc(N(CN3CCOCC3)c3cccc(C)c3C)o2)cc(-c2c(C)cc[nH]c2=O)c1. The first-order valence-electron chi connectivity index (χ1n) is 12.4. The molecule has 0 amide bonds. The van der Waals surface area contributed by atoms with Gasteiger partial charge in [-0.05, 0) is 73.4 Å². The minimum Gasteiger partial charge on any atom is -0.497 e. The molecule has 1 aliphatic heterocycles. The molecule has 0 bridgehead atoms. The predicted octanol–water partition coefficient (Wildman–Crippen LogP) is 5.06. The van der Waals surface area contributed by atoms with E-state index in [4.69, 9.17) is 18.9 Å². The van der Waals surface area contributed by atoms with Crippen molar-refractivity contribution in [3.63, 3.8) is 0 Å². The van der Waals surface area contributed by atoms with E-state index in [9.17, 15) is 4.79 Å². The van der Waals surface area contributed by atoms with Gasteiger partial charge in [0, 0.05) is 30.5 Å². The first-order chi connectivity index (χ1) is 17.9. The van der Waals surface area contributed by atoms with Crippen LogP contribution in [0.15, 0.2) is 64.1 Å². The van der Waals surface area contributed by atoms with Gasteiger partial charge in [-0.15, -0.1) is 0 Å². The van der Waals surface area contributed by atoms with Gasteiger partial charge < -0.3 is 18.9 Å². The van der Waals surface area contributed by atoms with Crippen LogP contribution >= 0.6 is 0 Å². The van der Waals surface area contributed by atoms with E-state index >= 15 is 0 Å². The number of morpholine rings is 1. The highest BCUT2D eigenvalue weighted by molar-refractivity contribution is 5.75. The average Bonchev–Trinajstić information content (AvgIpc) is 3.40. The van der Waals surface area contributed by atoms with Crippen LogP contribution in [0, 0.1) is 20.8 Å². The molecule has 1 fully saturated rings. The average molecular weight is 501 g/mol. The Balaban J connectivity index is 1.56. The van der Waals surface area contributed by atoms with Gasteiger partial charge in [0.2, 0.25) is 0 Å². The van der Waals surface area contributed by atoms with E-state index in [1.54, 1.807) is 19.5 Å². The van der Waals surface area contributed by atoms with Crippen LogP contribution in [-0.2, 0) is 4.74 Å². The van der Waals surface area contributed by atoms with Crippen molar-refractivity contribution in [2.45, 2.75) is 20.8 Å². The zero-order chi connectivity index (χ0) is 25.9. The van der Waals surface area contributed by atoms with Gasteiger partial charge in [0.15, 0.2) is 5.76 Å². The maximum Gasteiger partial charge on any atom is 0.303 e. The van der Waals surface area contributed by atoms with E-state index in [0.717, 1.165) is 35.5 Å². The molecule has 2 aromatic carbocycles. The monoisotopic (exact) mass is 500 g/mol. The minimum atomic E-state index is -0.149. The Kier molecular flexibility index (Phi) is 7.12. The number of aromatic amines is 1. The van der Waals surface area contributed by atoms with Crippen molar-refractivity contribution in [1.82, 2.24) is 14.9 Å². The van der Waals surface area contributed by atoms with E-state index in [1.807, 2.05) is 31.2 Å². The quantitative estimate of drug-likeness (QED) is 0.380. The van der Waals surface area contributed by atoms with Gasteiger partial charge >= 0.3 is 6.01 Å². The van der Waals surface area contributed by atoms with Crippen LogP contribution in [0.5, 0.6) is 5.75 Å². The van der Waals surface area contributed by atoms with Crippen LogP contribution in [0.4, 0.5) is 11.7 Å². The fourth-order valence-corrected chi connectivity index (χ4v) is 4.67. The molecule has 4 aromatic rings. The molecule has 37 heavy (non-hydrogen) atoms. The number of hydrogen-bond acceptors (Lipinski definition) is 7. The molecule has 8 heteroatoms. The van der Waals surface area contributed by atoms with Gasteiger partial charge in [0.25, 0.3) is 5.56 Å². The Morgan fingerprint density at radius 1 is 1.05 bits per heavy atom. The molecule has 0 atom stereocenters. The first-order valence-corrected chi connectivity index (χ1v) is 12.4. The van der Waals surface area contributed by atoms with Crippen LogP contribution in [0.25, 0.3) is 22.5 Å². The topological polar surface area (TPSA) is 83.8 Å². The molecular weight excluding hydrogens is 468 g/mol. The molecule has 1 N–H and O–H groups in total. The molecule has 0 saturated carbocycles. The largest absolute Gasteiger partial charge is 0.497 e. The third kappa shape index (κ3) is 5.16. The molecule has 3 heterocycles. The molecule has 5 rings (SSSR count). The third-order valence-electron chi connectivity index (χ3n) is 6.92. The molecule has 2 aromatic heterocycles. The predicted molar refractivity (Wildman–Crippen MR) is 145 cm³/mol. The van der Waals surface area contributed by atoms with Crippen LogP contribution in [0.2, 0.25) is 0 Å². The number of pyridine rings is 1. The van der Waals surface area contributed by atoms with Crippen molar-refractivity contribution in [2.75, 3.05) is 45.0 Å². The van der Waals surface area contributed by atoms with E-state index < -0.39 is 0 Å². The number of ether oxygens (including phenoxy) is 2. The molecule has 8 nitrogen and oxygen atoms in total. The lowest BCUT2D eigenvalue weighted by molar-refractivity contribution is 0.0387. The highest BCUT2D eigenvalue weighted by Crippen LogP contribution is 2.35. The second-order valence-corrected chi connectivity index (χ2v) is 9.34. The van der Waals surface area contributed by atoms with Crippen LogP contribution in [-0.4, -0.2) is 54.9 Å². The molecule has 0 spiro atoms. The second-order valence-electron chi connectivity index (χ2n) is 9.34. The van der Waals surface area contributed by atoms with Gasteiger partial charge in [-0.3, -0.25) is 14.6 Å². The fraction of sp³-hybridized carbons (Fsp3) is 0.310. The summed E-state index contributed by atoms with van der Waals surface area (Å²) >= 11 is 0. The number of methoxy groups -OCH3 is 1. The summed E-state index contributed by atoms with van der Waals surface area (Å²) in [6.07, 6.45) is 3.38. The Morgan fingerprint density at radius 3 is 2.59 bits per heavy atom. The molecule has 0 radical (unpaired) electrons. The van der Waals surface area contributed by atoms with E-state index in [0.29, 0.717) is 43.0 Å². The van der Waals surface area contributed by atoms with Crippen molar-refractivity contribution in [3.8, 4) is 28.2 Å². The second kappa shape index (κ2) is 10.6. The molecule has 0 unspecified atom stereocenters. The Morgan fingerprint density at radius 2 is 1.84 bits per heavy atom. The smallest absolute Gasteiger partial charge is 0.303 e. The number of benzene rings is 2. The number of anilines is 2. The maximum atomic E-state index is 12.6. The zero-order valence-electron chi connectivity index (χ0n) is 21.7. The van der Waals surface area contributed by atoms with Gasteiger partial charge in [-0.2, -0.15) is 0 Å². The number of oxazole rings is 1. The standard InChI is InChI=1S/C29H32N4O4/c1-19-6-5-7-25(21(19)3)33(18-32-10-12-36-13-11-32)29-31-17-26(37-29)22-14-23(16-24(15-22)35-4)27-20(2)8-9-30-28(27)34/h5-9,14-17H,10-13,18H2,1-4H3,(H,30,34). The highest BCUT2D eigenvalue weighted by Gasteiger charge is 2.23. The molecular formula is C29H32N4O4. The minimum absolute atomic E-state index is 0.149. The molecule has 1 aliphatic rings. The van der Waals surface area contributed by atoms with Gasteiger partial charge in [0.1, 0.15) is 5.75 Å². The van der Waals surface area contributed by atoms with Crippen molar-refractivity contribution < 1.29 is 13.9 Å². The normalized spacial score (nSPS) is 14.1. The number of H-pyrrole nitrogens is 1. The van der Waals surface area contributed by atoms with Crippen molar-refractivity contribution >= 4 is 11.7 Å². The number of nitrogens with zero attached hydrogens (tertiary/aromatic N) is 3. The summed E-state index contributed by atoms with van der Waals surface area (Å²) in [5, 5.41) is 0. The van der Waals surface area contributed by atoms with Crippen LogP contribution in [0.1, 0.15) is 16.7 Å². The summed E-state index contributed by atoms with van der Waals surface area (Å²) in [4.78, 5) is 24.5. The Bertz CT molecular complexity index is 1450. The summed E-state index contributed by atoms with van der Waals surface area (Å²) in [5.41, 5.74) is 6.31. The summed E-state index contributed by atoms with van der Waals surface area (Å²) < 4.78 is 17.5. The lowest BCUT2D eigenvalue weighted by atomic mass is 9.99. The summed E-state index contributed by atoms with van der Waals surface area (Å²) in [6.45, 7) is 9.90. The van der Waals surface area contributed by atoms with Crippen molar-refractivity contribution in [3.05, 3.63) is 81.9 Å². The fourth-order valence-electron chi connectivity index (χ4n) is 4.67. The van der Waals surface area contributed by atoms with Gasteiger partial charge in [-0.1, -0.05) is 12.1 Å². The Labute approximate surface area is 216 Å². The molecule has 0 aliphatic carbocycles. The van der Waals surface area contributed by atoms with Crippen LogP contribution < -0.4 is 15.2 Å². The summed E-state index contributed by atoms with van der Waals surface area (Å²) in [7, 11) is 1.61. The molecule has 1 saturated heterocycles. The van der Waals surface area contributed by atoms with E-state index in [1.165, 1.54) is 11.1 Å². The summed E-state index contributed by atoms with van der Waals surface area (Å²) in [5.74, 6) is 1.23. The Hall–Kier alpha value is -3.88. The lowest BCUT2D eigenvalue weighted by Gasteiger charge is -2.33. The van der Waals surface area contributed by atoms with E-state index in [2.05, 4.69) is 46.8 Å². The zero-order valence-corrected chi connectivity index (χ0v) is 21.7. The highest BCUT2D eigenvalue weighted by atomic mass is 16.5. The summed E-state index contributed by atoms with van der Waals surface area (Å²) in [6, 6.07) is 14.3. The number of aromatic nitrogens is 2. The van der Waals surface area contributed by atoms with Crippen molar-refractivity contribution in [1.29, 1.82) is 0 Å². The van der Waals surface area contributed by atoms with Crippen LogP contribution in [0.3, 0.4) is 0 Å². The molecule has 192 valence electrons. The third-order valence-corrected chi connectivity index (χ3v) is 6.92. The number of hydrogen-bond donors (Lipinski definition) is 1. The maximum absolute atomic E-state index is 12.6. The number of nitrogens with one attached hydrogen (secondary N) is 1. The van der Waals surface area contributed by atoms with E-state index in [-0.39, 0.29) is 5.56 Å². The van der Waals surface area contributed by atoms with Gasteiger partial charge in [-0.25, -0.2) is 4.98 Å². The van der Waals surface area contributed by atoms with Gasteiger partial charge in [0.05, 0.1) is 38.8 Å². The van der Waals surface area contributed by atoms with Crippen molar-refractivity contribution in [2.24, 2.45) is 0 Å². The number of aryl methyl sites for hydroxylation is 2. The number of rotatable bonds is 7.